The van der Waals surface area contributed by atoms with Gasteiger partial charge in [0.25, 0.3) is 5.69 Å². The van der Waals surface area contributed by atoms with Crippen LogP contribution in [0.25, 0.3) is 0 Å². The topological polar surface area (TPSA) is 84.3 Å². The lowest BCUT2D eigenvalue weighted by Gasteiger charge is -2.11. The van der Waals surface area contributed by atoms with E-state index in [0.717, 1.165) is 12.0 Å². The van der Waals surface area contributed by atoms with Crippen LogP contribution in [0, 0.1) is 10.1 Å². The fourth-order valence-corrected chi connectivity index (χ4v) is 1.53. The van der Waals surface area contributed by atoms with Crippen molar-refractivity contribution in [2.24, 2.45) is 0 Å². The van der Waals surface area contributed by atoms with E-state index in [9.17, 15) is 14.9 Å². The second kappa shape index (κ2) is 7.48. The minimum atomic E-state index is -0.431. The number of carbonyl (C=O) groups excluding carboxylic acids is 1. The minimum Gasteiger partial charge on any atom is -0.353 e. The molecule has 1 unspecified atom stereocenters. The average molecular weight is 265 g/mol. The molecule has 0 aliphatic heterocycles. The smallest absolute Gasteiger partial charge is 0.269 e. The van der Waals surface area contributed by atoms with Crippen LogP contribution in [0.4, 0.5) is 5.69 Å². The summed E-state index contributed by atoms with van der Waals surface area (Å²) in [5.74, 6) is -0.0696. The molecule has 1 amide bonds. The first-order valence-corrected chi connectivity index (χ1v) is 6.26. The van der Waals surface area contributed by atoms with Crippen molar-refractivity contribution >= 4 is 11.6 Å². The lowest BCUT2D eigenvalue weighted by molar-refractivity contribution is -0.384. The number of amides is 1. The molecule has 0 radical (unpaired) electrons. The highest BCUT2D eigenvalue weighted by Gasteiger charge is 2.07. The Labute approximate surface area is 112 Å². The first kappa shape index (κ1) is 15.1. The van der Waals surface area contributed by atoms with Crippen molar-refractivity contribution in [3.05, 3.63) is 39.9 Å². The molecule has 0 aliphatic carbocycles. The van der Waals surface area contributed by atoms with E-state index in [4.69, 9.17) is 0 Å². The maximum Gasteiger partial charge on any atom is 0.269 e. The molecule has 0 spiro atoms. The second-order valence-corrected chi connectivity index (χ2v) is 4.41. The number of hydrogen-bond acceptors (Lipinski definition) is 4. The number of rotatable bonds is 7. The highest BCUT2D eigenvalue weighted by molar-refractivity contribution is 5.78. The number of benzene rings is 1. The maximum atomic E-state index is 11.5. The van der Waals surface area contributed by atoms with Crippen LogP contribution in [0.5, 0.6) is 0 Å². The van der Waals surface area contributed by atoms with Gasteiger partial charge in [0.05, 0.1) is 11.5 Å². The molecular weight excluding hydrogens is 246 g/mol. The number of nitro groups is 1. The lowest BCUT2D eigenvalue weighted by Crippen LogP contribution is -2.38. The Hall–Kier alpha value is -1.95. The minimum absolute atomic E-state index is 0.0587. The summed E-state index contributed by atoms with van der Waals surface area (Å²) < 4.78 is 0. The van der Waals surface area contributed by atoms with Gasteiger partial charge in [0, 0.05) is 24.7 Å². The fourth-order valence-electron chi connectivity index (χ4n) is 1.53. The molecule has 0 aromatic heterocycles. The third kappa shape index (κ3) is 5.48. The summed E-state index contributed by atoms with van der Waals surface area (Å²) in [6, 6.07) is 6.52. The van der Waals surface area contributed by atoms with E-state index in [1.807, 2.05) is 13.8 Å². The standard InChI is InChI=1S/C13H19N3O3/c1-3-10(2)15-13(17)9-14-8-11-5-4-6-12(7-11)16(18)19/h4-7,10,14H,3,8-9H2,1-2H3,(H,15,17). The van der Waals surface area contributed by atoms with E-state index < -0.39 is 4.92 Å². The lowest BCUT2D eigenvalue weighted by atomic mass is 10.2. The van der Waals surface area contributed by atoms with Crippen molar-refractivity contribution in [2.45, 2.75) is 32.9 Å². The highest BCUT2D eigenvalue weighted by Crippen LogP contribution is 2.12. The molecule has 1 aromatic rings. The molecular formula is C13H19N3O3. The highest BCUT2D eigenvalue weighted by atomic mass is 16.6. The second-order valence-electron chi connectivity index (χ2n) is 4.41. The van der Waals surface area contributed by atoms with Gasteiger partial charge in [0.15, 0.2) is 0 Å². The Morgan fingerprint density at radius 3 is 2.84 bits per heavy atom. The maximum absolute atomic E-state index is 11.5. The van der Waals surface area contributed by atoms with Gasteiger partial charge in [-0.25, -0.2) is 0 Å². The number of non-ortho nitro benzene ring substituents is 1. The van der Waals surface area contributed by atoms with Gasteiger partial charge in [0.1, 0.15) is 0 Å². The number of nitrogens with zero attached hydrogens (tertiary/aromatic N) is 1. The molecule has 6 nitrogen and oxygen atoms in total. The first-order chi connectivity index (χ1) is 9.02. The zero-order valence-electron chi connectivity index (χ0n) is 11.2. The van der Waals surface area contributed by atoms with Crippen molar-refractivity contribution in [3.8, 4) is 0 Å². The molecule has 0 heterocycles. The van der Waals surface area contributed by atoms with Crippen LogP contribution in [0.1, 0.15) is 25.8 Å². The molecule has 0 bridgehead atoms. The van der Waals surface area contributed by atoms with E-state index >= 15 is 0 Å². The van der Waals surface area contributed by atoms with Crippen LogP contribution in [0.3, 0.4) is 0 Å². The number of carbonyl (C=O) groups is 1. The molecule has 6 heteroatoms. The van der Waals surface area contributed by atoms with Crippen LogP contribution >= 0.6 is 0 Å². The molecule has 2 N–H and O–H groups in total. The van der Waals surface area contributed by atoms with Gasteiger partial charge in [-0.1, -0.05) is 19.1 Å². The molecule has 0 saturated heterocycles. The Bertz CT molecular complexity index is 449. The molecule has 0 fully saturated rings. The zero-order chi connectivity index (χ0) is 14.3. The summed E-state index contributed by atoms with van der Waals surface area (Å²) in [5.41, 5.74) is 0.842. The zero-order valence-corrected chi connectivity index (χ0v) is 11.2. The Morgan fingerprint density at radius 1 is 1.47 bits per heavy atom. The third-order valence-corrected chi connectivity index (χ3v) is 2.76. The van der Waals surface area contributed by atoms with E-state index in [1.165, 1.54) is 12.1 Å². The summed E-state index contributed by atoms with van der Waals surface area (Å²) in [6.07, 6.45) is 0.886. The summed E-state index contributed by atoms with van der Waals surface area (Å²) in [4.78, 5) is 21.7. The largest absolute Gasteiger partial charge is 0.353 e. The van der Waals surface area contributed by atoms with Gasteiger partial charge in [-0.3, -0.25) is 14.9 Å². The predicted octanol–water partition coefficient (Wildman–Crippen LogP) is 1.60. The summed E-state index contributed by atoms with van der Waals surface area (Å²) in [5, 5.41) is 16.4. The van der Waals surface area contributed by atoms with Crippen LogP contribution < -0.4 is 10.6 Å². The van der Waals surface area contributed by atoms with E-state index in [-0.39, 0.29) is 24.2 Å². The van der Waals surface area contributed by atoms with Crippen LogP contribution in [0.15, 0.2) is 24.3 Å². The van der Waals surface area contributed by atoms with Crippen molar-refractivity contribution < 1.29 is 9.72 Å². The monoisotopic (exact) mass is 265 g/mol. The number of nitrogens with one attached hydrogen (secondary N) is 2. The van der Waals surface area contributed by atoms with Gasteiger partial charge in [-0.15, -0.1) is 0 Å². The van der Waals surface area contributed by atoms with Crippen molar-refractivity contribution in [1.82, 2.24) is 10.6 Å². The SMILES string of the molecule is CCC(C)NC(=O)CNCc1cccc([N+](=O)[O-])c1. The Morgan fingerprint density at radius 2 is 2.21 bits per heavy atom. The van der Waals surface area contributed by atoms with Crippen molar-refractivity contribution in [3.63, 3.8) is 0 Å². The van der Waals surface area contributed by atoms with Gasteiger partial charge in [0.2, 0.25) is 5.91 Å². The van der Waals surface area contributed by atoms with Gasteiger partial charge in [-0.05, 0) is 18.9 Å². The number of nitro benzene ring substituents is 1. The summed E-state index contributed by atoms with van der Waals surface area (Å²) in [7, 11) is 0. The summed E-state index contributed by atoms with van der Waals surface area (Å²) >= 11 is 0. The first-order valence-electron chi connectivity index (χ1n) is 6.26. The van der Waals surface area contributed by atoms with Crippen molar-refractivity contribution in [2.75, 3.05) is 6.54 Å². The normalized spacial score (nSPS) is 11.9. The number of hydrogen-bond donors (Lipinski definition) is 2. The Kier molecular flexibility index (Phi) is 5.95. The average Bonchev–Trinajstić information content (AvgIpc) is 2.38. The fraction of sp³-hybridized carbons (Fsp3) is 0.462. The van der Waals surface area contributed by atoms with E-state index in [1.54, 1.807) is 12.1 Å². The molecule has 1 aromatic carbocycles. The van der Waals surface area contributed by atoms with Gasteiger partial charge in [-0.2, -0.15) is 0 Å². The molecule has 0 aliphatic rings. The molecule has 0 saturated carbocycles. The van der Waals surface area contributed by atoms with Crippen molar-refractivity contribution in [1.29, 1.82) is 0 Å². The van der Waals surface area contributed by atoms with Gasteiger partial charge >= 0.3 is 0 Å². The van der Waals surface area contributed by atoms with Crippen LogP contribution in [-0.4, -0.2) is 23.4 Å². The van der Waals surface area contributed by atoms with Crippen LogP contribution in [0.2, 0.25) is 0 Å². The molecule has 104 valence electrons. The summed E-state index contributed by atoms with van der Waals surface area (Å²) in [6.45, 7) is 4.57. The van der Waals surface area contributed by atoms with Gasteiger partial charge < -0.3 is 10.6 Å². The molecule has 1 atom stereocenters. The van der Waals surface area contributed by atoms with Crippen LogP contribution in [-0.2, 0) is 11.3 Å². The third-order valence-electron chi connectivity index (χ3n) is 2.76. The quantitative estimate of drug-likeness (QED) is 0.579. The van der Waals surface area contributed by atoms with E-state index in [0.29, 0.717) is 6.54 Å². The molecule has 1 rings (SSSR count). The Balaban J connectivity index is 2.39. The molecule has 19 heavy (non-hydrogen) atoms. The predicted molar refractivity (Wildman–Crippen MR) is 72.7 cm³/mol. The van der Waals surface area contributed by atoms with E-state index in [2.05, 4.69) is 10.6 Å².